The Labute approximate surface area is 116 Å². The Morgan fingerprint density at radius 2 is 1.74 bits per heavy atom. The Morgan fingerprint density at radius 1 is 1.00 bits per heavy atom. The van der Waals surface area contributed by atoms with Gasteiger partial charge in [-0.2, -0.15) is 0 Å². The van der Waals surface area contributed by atoms with Crippen LogP contribution in [0.3, 0.4) is 0 Å². The second kappa shape index (κ2) is 4.67. The second-order valence-corrected chi connectivity index (χ2v) is 5.58. The fourth-order valence-electron chi connectivity index (χ4n) is 2.27. The Hall–Kier alpha value is -1.87. The lowest BCUT2D eigenvalue weighted by Crippen LogP contribution is -1.83. The molecule has 2 aromatic rings. The van der Waals surface area contributed by atoms with E-state index in [0.29, 0.717) is 0 Å². The SMILES string of the molecule is CCC1=Cc2cc(O)c(O)cc2Sc2ccccc21. The first-order valence-electron chi connectivity index (χ1n) is 6.23. The van der Waals surface area contributed by atoms with Crippen molar-refractivity contribution < 1.29 is 10.2 Å². The van der Waals surface area contributed by atoms with Crippen LogP contribution < -0.4 is 0 Å². The standard InChI is InChI=1S/C16H14O2S/c1-2-10-7-11-8-13(17)14(18)9-16(11)19-15-6-4-3-5-12(10)15/h3-9,17-18H,2H2,1H3. The summed E-state index contributed by atoms with van der Waals surface area (Å²) in [7, 11) is 0. The van der Waals surface area contributed by atoms with Crippen molar-refractivity contribution in [3.05, 3.63) is 47.5 Å². The largest absolute Gasteiger partial charge is 0.504 e. The molecule has 0 amide bonds. The molecule has 0 saturated heterocycles. The summed E-state index contributed by atoms with van der Waals surface area (Å²) in [4.78, 5) is 2.14. The topological polar surface area (TPSA) is 40.5 Å². The van der Waals surface area contributed by atoms with E-state index in [1.807, 2.05) is 12.1 Å². The molecule has 0 spiro atoms. The molecule has 0 radical (unpaired) electrons. The molecular weight excluding hydrogens is 256 g/mol. The molecule has 0 saturated carbocycles. The summed E-state index contributed by atoms with van der Waals surface area (Å²) in [5, 5.41) is 19.3. The Kier molecular flexibility index (Phi) is 2.99. The van der Waals surface area contributed by atoms with Crippen LogP contribution in [0.25, 0.3) is 11.6 Å². The van der Waals surface area contributed by atoms with Crippen LogP contribution >= 0.6 is 11.8 Å². The highest BCUT2D eigenvalue weighted by atomic mass is 32.2. The molecule has 0 atom stereocenters. The molecule has 3 rings (SSSR count). The lowest BCUT2D eigenvalue weighted by Gasteiger charge is -2.08. The first-order valence-corrected chi connectivity index (χ1v) is 7.04. The second-order valence-electron chi connectivity index (χ2n) is 4.50. The van der Waals surface area contributed by atoms with Gasteiger partial charge in [0.05, 0.1) is 0 Å². The van der Waals surface area contributed by atoms with Gasteiger partial charge >= 0.3 is 0 Å². The summed E-state index contributed by atoms with van der Waals surface area (Å²) < 4.78 is 0. The molecule has 1 heterocycles. The van der Waals surface area contributed by atoms with Crippen molar-refractivity contribution in [1.29, 1.82) is 0 Å². The zero-order valence-electron chi connectivity index (χ0n) is 10.6. The summed E-state index contributed by atoms with van der Waals surface area (Å²) in [6.07, 6.45) is 3.02. The van der Waals surface area contributed by atoms with E-state index in [-0.39, 0.29) is 11.5 Å². The van der Waals surface area contributed by atoms with Crippen molar-refractivity contribution in [3.8, 4) is 11.5 Å². The van der Waals surface area contributed by atoms with Gasteiger partial charge in [0.2, 0.25) is 0 Å². The summed E-state index contributed by atoms with van der Waals surface area (Å²) in [5.74, 6) is -0.144. The molecule has 0 bridgehead atoms. The zero-order chi connectivity index (χ0) is 13.4. The van der Waals surface area contributed by atoms with Gasteiger partial charge in [-0.05, 0) is 47.4 Å². The predicted octanol–water partition coefficient (Wildman–Crippen LogP) is 4.51. The van der Waals surface area contributed by atoms with Crippen LogP contribution in [-0.2, 0) is 0 Å². The normalized spacial score (nSPS) is 13.2. The van der Waals surface area contributed by atoms with Gasteiger partial charge in [-0.25, -0.2) is 0 Å². The molecular formula is C16H14O2S. The van der Waals surface area contributed by atoms with E-state index < -0.39 is 0 Å². The van der Waals surface area contributed by atoms with E-state index >= 15 is 0 Å². The molecule has 0 unspecified atom stereocenters. The van der Waals surface area contributed by atoms with E-state index in [1.165, 1.54) is 16.0 Å². The number of allylic oxidation sites excluding steroid dienone is 1. The lowest BCUT2D eigenvalue weighted by molar-refractivity contribution is 0.402. The monoisotopic (exact) mass is 270 g/mol. The van der Waals surface area contributed by atoms with E-state index in [9.17, 15) is 10.2 Å². The molecule has 3 heteroatoms. The van der Waals surface area contributed by atoms with Gasteiger partial charge in [0.1, 0.15) is 0 Å². The third kappa shape index (κ3) is 2.10. The summed E-state index contributed by atoms with van der Waals surface area (Å²) in [6.45, 7) is 2.12. The molecule has 2 aromatic carbocycles. The van der Waals surface area contributed by atoms with Crippen LogP contribution in [-0.4, -0.2) is 10.2 Å². The molecule has 2 nitrogen and oxygen atoms in total. The third-order valence-electron chi connectivity index (χ3n) is 3.27. The van der Waals surface area contributed by atoms with Crippen LogP contribution in [0, 0.1) is 0 Å². The number of phenols is 2. The molecule has 2 N–H and O–H groups in total. The van der Waals surface area contributed by atoms with Crippen molar-refractivity contribution >= 4 is 23.4 Å². The third-order valence-corrected chi connectivity index (χ3v) is 4.42. The number of phenolic OH excluding ortho intramolecular Hbond substituents is 2. The van der Waals surface area contributed by atoms with Crippen LogP contribution in [0.4, 0.5) is 0 Å². The summed E-state index contributed by atoms with van der Waals surface area (Å²) in [6, 6.07) is 11.5. The number of hydrogen-bond acceptors (Lipinski definition) is 3. The summed E-state index contributed by atoms with van der Waals surface area (Å²) in [5.41, 5.74) is 3.42. The lowest BCUT2D eigenvalue weighted by atomic mass is 10.0. The molecule has 0 aliphatic carbocycles. The van der Waals surface area contributed by atoms with Gasteiger partial charge in [0.25, 0.3) is 0 Å². The number of aromatic hydroxyl groups is 2. The average molecular weight is 270 g/mol. The van der Waals surface area contributed by atoms with Gasteiger partial charge in [-0.1, -0.05) is 36.9 Å². The Morgan fingerprint density at radius 3 is 2.53 bits per heavy atom. The fraction of sp³-hybridized carbons (Fsp3) is 0.125. The van der Waals surface area contributed by atoms with Gasteiger partial charge in [0.15, 0.2) is 11.5 Å². The van der Waals surface area contributed by atoms with Crippen LogP contribution in [0.1, 0.15) is 24.5 Å². The minimum absolute atomic E-state index is 0.0721. The van der Waals surface area contributed by atoms with E-state index in [4.69, 9.17) is 0 Å². The molecule has 19 heavy (non-hydrogen) atoms. The Balaban J connectivity index is 2.25. The van der Waals surface area contributed by atoms with Gasteiger partial charge in [-0.15, -0.1) is 0 Å². The maximum absolute atomic E-state index is 9.65. The van der Waals surface area contributed by atoms with Crippen molar-refractivity contribution in [1.82, 2.24) is 0 Å². The molecule has 1 aliphatic heterocycles. The van der Waals surface area contributed by atoms with Gasteiger partial charge in [-0.3, -0.25) is 0 Å². The maximum atomic E-state index is 9.65. The van der Waals surface area contributed by atoms with Gasteiger partial charge in [0, 0.05) is 9.79 Å². The van der Waals surface area contributed by atoms with Crippen LogP contribution in [0.15, 0.2) is 46.2 Å². The number of rotatable bonds is 1. The molecule has 96 valence electrons. The highest BCUT2D eigenvalue weighted by Gasteiger charge is 2.16. The zero-order valence-corrected chi connectivity index (χ0v) is 11.4. The Bertz CT molecular complexity index is 674. The summed E-state index contributed by atoms with van der Waals surface area (Å²) >= 11 is 1.62. The van der Waals surface area contributed by atoms with Crippen molar-refractivity contribution in [2.75, 3.05) is 0 Å². The van der Waals surface area contributed by atoms with Crippen molar-refractivity contribution in [2.24, 2.45) is 0 Å². The van der Waals surface area contributed by atoms with Crippen LogP contribution in [0.5, 0.6) is 11.5 Å². The van der Waals surface area contributed by atoms with Crippen molar-refractivity contribution in [3.63, 3.8) is 0 Å². The smallest absolute Gasteiger partial charge is 0.158 e. The van der Waals surface area contributed by atoms with Crippen molar-refractivity contribution in [2.45, 2.75) is 23.1 Å². The molecule has 0 aromatic heterocycles. The maximum Gasteiger partial charge on any atom is 0.158 e. The van der Waals surface area contributed by atoms with E-state index in [2.05, 4.69) is 25.1 Å². The molecule has 0 fully saturated rings. The quantitative estimate of drug-likeness (QED) is 0.749. The highest BCUT2D eigenvalue weighted by molar-refractivity contribution is 7.99. The van der Waals surface area contributed by atoms with Gasteiger partial charge < -0.3 is 10.2 Å². The number of fused-ring (bicyclic) bond motifs is 2. The van der Waals surface area contributed by atoms with Crippen LogP contribution in [0.2, 0.25) is 0 Å². The minimum Gasteiger partial charge on any atom is -0.504 e. The number of benzene rings is 2. The number of hydrogen-bond donors (Lipinski definition) is 2. The van der Waals surface area contributed by atoms with E-state index in [1.54, 1.807) is 23.9 Å². The first kappa shape index (κ1) is 12.2. The predicted molar refractivity (Wildman–Crippen MR) is 78.5 cm³/mol. The first-order chi connectivity index (χ1) is 9.19. The van der Waals surface area contributed by atoms with E-state index in [0.717, 1.165) is 16.9 Å². The highest BCUT2D eigenvalue weighted by Crippen LogP contribution is 2.44. The average Bonchev–Trinajstić information content (AvgIpc) is 2.56. The minimum atomic E-state index is -0.0722. The molecule has 1 aliphatic rings. The fourth-order valence-corrected chi connectivity index (χ4v) is 3.37.